The van der Waals surface area contributed by atoms with Crippen molar-refractivity contribution in [2.75, 3.05) is 38.1 Å². The summed E-state index contributed by atoms with van der Waals surface area (Å²) in [6.45, 7) is 6.23. The lowest BCUT2D eigenvalue weighted by molar-refractivity contribution is -0.0191. The zero-order valence-corrected chi connectivity index (χ0v) is 12.2. The van der Waals surface area contributed by atoms with E-state index in [0.29, 0.717) is 23.9 Å². The minimum atomic E-state index is -0.991. The molecule has 5 nitrogen and oxygen atoms in total. The molecule has 0 spiro atoms. The number of rotatable bonds is 5. The van der Waals surface area contributed by atoms with E-state index in [0.717, 1.165) is 19.6 Å². The number of benzene rings is 1. The summed E-state index contributed by atoms with van der Waals surface area (Å²) in [6.07, 6.45) is 0.0704. The summed E-state index contributed by atoms with van der Waals surface area (Å²) in [6, 6.07) is 4.81. The minimum Gasteiger partial charge on any atom is -0.478 e. The Labute approximate surface area is 123 Å². The molecule has 1 saturated heterocycles. The molecule has 1 unspecified atom stereocenters. The van der Waals surface area contributed by atoms with Gasteiger partial charge in [-0.1, -0.05) is 18.5 Å². The van der Waals surface area contributed by atoms with Crippen molar-refractivity contribution in [2.45, 2.75) is 13.0 Å². The zero-order chi connectivity index (χ0) is 14.5. The summed E-state index contributed by atoms with van der Waals surface area (Å²) in [5.41, 5.74) is 0.750. The van der Waals surface area contributed by atoms with Crippen molar-refractivity contribution in [3.8, 4) is 0 Å². The van der Waals surface area contributed by atoms with Crippen molar-refractivity contribution in [3.63, 3.8) is 0 Å². The van der Waals surface area contributed by atoms with Gasteiger partial charge in [-0.2, -0.15) is 0 Å². The highest BCUT2D eigenvalue weighted by Gasteiger charge is 2.19. The third kappa shape index (κ3) is 3.85. The molecule has 2 rings (SSSR count). The maximum atomic E-state index is 11.2. The lowest BCUT2D eigenvalue weighted by Crippen LogP contribution is -2.45. The van der Waals surface area contributed by atoms with Gasteiger partial charge in [0.05, 0.1) is 18.3 Å². The number of ether oxygens (including phenoxy) is 1. The van der Waals surface area contributed by atoms with E-state index in [1.54, 1.807) is 12.1 Å². The number of anilines is 1. The SMILES string of the molecule is CCN1CCOC(CNc2ccc(Cl)cc2C(=O)O)C1. The second kappa shape index (κ2) is 6.92. The van der Waals surface area contributed by atoms with Gasteiger partial charge in [0.25, 0.3) is 0 Å². The maximum absolute atomic E-state index is 11.2. The smallest absolute Gasteiger partial charge is 0.337 e. The van der Waals surface area contributed by atoms with E-state index in [4.69, 9.17) is 21.4 Å². The van der Waals surface area contributed by atoms with Crippen molar-refractivity contribution in [1.82, 2.24) is 4.90 Å². The van der Waals surface area contributed by atoms with Crippen molar-refractivity contribution < 1.29 is 14.6 Å². The third-order valence-electron chi connectivity index (χ3n) is 3.40. The molecule has 0 aromatic heterocycles. The predicted molar refractivity (Wildman–Crippen MR) is 78.8 cm³/mol. The number of likely N-dealkylation sites (N-methyl/N-ethyl adjacent to an activating group) is 1. The van der Waals surface area contributed by atoms with Crippen LogP contribution in [0.1, 0.15) is 17.3 Å². The van der Waals surface area contributed by atoms with Crippen LogP contribution in [-0.4, -0.2) is 54.9 Å². The first-order valence-electron chi connectivity index (χ1n) is 6.70. The second-order valence-electron chi connectivity index (χ2n) is 4.76. The van der Waals surface area contributed by atoms with Gasteiger partial charge in [0.2, 0.25) is 0 Å². The molecule has 6 heteroatoms. The first-order valence-corrected chi connectivity index (χ1v) is 7.08. The average molecular weight is 299 g/mol. The Morgan fingerprint density at radius 2 is 2.40 bits per heavy atom. The Balaban J connectivity index is 1.98. The van der Waals surface area contributed by atoms with Crippen LogP contribution >= 0.6 is 11.6 Å². The molecule has 1 heterocycles. The number of hydrogen-bond donors (Lipinski definition) is 2. The number of aromatic carboxylic acids is 1. The van der Waals surface area contributed by atoms with Crippen LogP contribution in [0.3, 0.4) is 0 Å². The van der Waals surface area contributed by atoms with Crippen LogP contribution < -0.4 is 5.32 Å². The fourth-order valence-corrected chi connectivity index (χ4v) is 2.43. The van der Waals surface area contributed by atoms with Gasteiger partial charge in [0.15, 0.2) is 0 Å². The van der Waals surface area contributed by atoms with Crippen LogP contribution in [0.25, 0.3) is 0 Å². The number of halogens is 1. The summed E-state index contributed by atoms with van der Waals surface area (Å²) in [4.78, 5) is 13.5. The summed E-state index contributed by atoms with van der Waals surface area (Å²) >= 11 is 5.83. The fourth-order valence-electron chi connectivity index (χ4n) is 2.26. The van der Waals surface area contributed by atoms with Gasteiger partial charge in [-0.15, -0.1) is 0 Å². The third-order valence-corrected chi connectivity index (χ3v) is 3.64. The van der Waals surface area contributed by atoms with Crippen LogP contribution in [-0.2, 0) is 4.74 Å². The maximum Gasteiger partial charge on any atom is 0.337 e. The summed E-state index contributed by atoms with van der Waals surface area (Å²) < 4.78 is 5.68. The number of carbonyl (C=O) groups is 1. The monoisotopic (exact) mass is 298 g/mol. The predicted octanol–water partition coefficient (Wildman–Crippen LogP) is 2.17. The number of carboxylic acids is 1. The number of nitrogens with zero attached hydrogens (tertiary/aromatic N) is 1. The average Bonchev–Trinajstić information content (AvgIpc) is 2.46. The van der Waals surface area contributed by atoms with Crippen molar-refractivity contribution in [3.05, 3.63) is 28.8 Å². The molecule has 0 saturated carbocycles. The molecule has 0 radical (unpaired) electrons. The molecule has 110 valence electrons. The largest absolute Gasteiger partial charge is 0.478 e. The van der Waals surface area contributed by atoms with E-state index in [1.807, 2.05) is 0 Å². The van der Waals surface area contributed by atoms with Crippen molar-refractivity contribution >= 4 is 23.3 Å². The zero-order valence-electron chi connectivity index (χ0n) is 11.4. The molecular formula is C14H19ClN2O3. The topological polar surface area (TPSA) is 61.8 Å². The minimum absolute atomic E-state index is 0.0704. The van der Waals surface area contributed by atoms with Gasteiger partial charge in [0, 0.05) is 30.3 Å². The lowest BCUT2D eigenvalue weighted by Gasteiger charge is -2.32. The van der Waals surface area contributed by atoms with Gasteiger partial charge in [-0.25, -0.2) is 4.79 Å². The number of nitrogens with one attached hydrogen (secondary N) is 1. The quantitative estimate of drug-likeness (QED) is 0.872. The van der Waals surface area contributed by atoms with Crippen LogP contribution in [0.15, 0.2) is 18.2 Å². The summed E-state index contributed by atoms with van der Waals surface area (Å²) in [7, 11) is 0. The van der Waals surface area contributed by atoms with Gasteiger partial charge in [-0.3, -0.25) is 4.90 Å². The molecular weight excluding hydrogens is 280 g/mol. The lowest BCUT2D eigenvalue weighted by atomic mass is 10.1. The highest BCUT2D eigenvalue weighted by Crippen LogP contribution is 2.21. The van der Waals surface area contributed by atoms with E-state index in [-0.39, 0.29) is 11.7 Å². The van der Waals surface area contributed by atoms with Crippen LogP contribution in [0.5, 0.6) is 0 Å². The number of carboxylic acid groups (broad SMARTS) is 1. The normalized spacial score (nSPS) is 19.8. The Kier molecular flexibility index (Phi) is 5.23. The molecule has 0 aliphatic carbocycles. The molecule has 0 bridgehead atoms. The molecule has 1 aliphatic heterocycles. The Bertz CT molecular complexity index is 481. The van der Waals surface area contributed by atoms with Crippen LogP contribution in [0.2, 0.25) is 5.02 Å². The highest BCUT2D eigenvalue weighted by atomic mass is 35.5. The molecule has 1 atom stereocenters. The van der Waals surface area contributed by atoms with E-state index in [1.165, 1.54) is 6.07 Å². The van der Waals surface area contributed by atoms with Gasteiger partial charge < -0.3 is 15.2 Å². The van der Waals surface area contributed by atoms with Crippen LogP contribution in [0, 0.1) is 0 Å². The van der Waals surface area contributed by atoms with Gasteiger partial charge in [-0.05, 0) is 24.7 Å². The van der Waals surface area contributed by atoms with Gasteiger partial charge in [0.1, 0.15) is 0 Å². The Hall–Kier alpha value is -1.30. The molecule has 0 amide bonds. The highest BCUT2D eigenvalue weighted by molar-refractivity contribution is 6.31. The Morgan fingerprint density at radius 1 is 1.60 bits per heavy atom. The molecule has 1 aliphatic rings. The van der Waals surface area contributed by atoms with Crippen LogP contribution in [0.4, 0.5) is 5.69 Å². The van der Waals surface area contributed by atoms with E-state index in [2.05, 4.69) is 17.1 Å². The molecule has 2 N–H and O–H groups in total. The molecule has 1 aromatic rings. The van der Waals surface area contributed by atoms with E-state index in [9.17, 15) is 4.79 Å². The molecule has 1 fully saturated rings. The summed E-state index contributed by atoms with van der Waals surface area (Å²) in [5.74, 6) is -0.991. The fraction of sp³-hybridized carbons (Fsp3) is 0.500. The second-order valence-corrected chi connectivity index (χ2v) is 5.20. The van der Waals surface area contributed by atoms with Gasteiger partial charge >= 0.3 is 5.97 Å². The van der Waals surface area contributed by atoms with E-state index >= 15 is 0 Å². The number of morpholine rings is 1. The first-order chi connectivity index (χ1) is 9.60. The summed E-state index contributed by atoms with van der Waals surface area (Å²) in [5, 5.41) is 12.7. The first kappa shape index (κ1) is 15.1. The number of hydrogen-bond acceptors (Lipinski definition) is 4. The standard InChI is InChI=1S/C14H19ClN2O3/c1-2-17-5-6-20-11(9-17)8-16-13-4-3-10(15)7-12(13)14(18)19/h3-4,7,11,16H,2,5-6,8-9H2,1H3,(H,18,19). The molecule has 1 aromatic carbocycles. The Morgan fingerprint density at radius 3 is 3.10 bits per heavy atom. The van der Waals surface area contributed by atoms with E-state index < -0.39 is 5.97 Å². The van der Waals surface area contributed by atoms with Crippen molar-refractivity contribution in [1.29, 1.82) is 0 Å². The molecule has 20 heavy (non-hydrogen) atoms. The van der Waals surface area contributed by atoms with Crippen molar-refractivity contribution in [2.24, 2.45) is 0 Å².